The molecule has 28 heavy (non-hydrogen) atoms. The lowest BCUT2D eigenvalue weighted by Crippen LogP contribution is -2.29. The van der Waals surface area contributed by atoms with Crippen LogP contribution in [0.5, 0.6) is 5.75 Å². The molecule has 0 atom stereocenters. The van der Waals surface area contributed by atoms with Crippen molar-refractivity contribution < 1.29 is 19.4 Å². The van der Waals surface area contributed by atoms with Gasteiger partial charge < -0.3 is 9.84 Å². The fraction of sp³-hybridized carbons (Fsp3) is 0.222. The summed E-state index contributed by atoms with van der Waals surface area (Å²) in [5, 5.41) is 8.72. The maximum absolute atomic E-state index is 12.5. The second kappa shape index (κ2) is 9.51. The van der Waals surface area contributed by atoms with Crippen LogP contribution in [0.3, 0.4) is 0 Å². The van der Waals surface area contributed by atoms with Gasteiger partial charge in [-0.25, -0.2) is 4.98 Å². The number of thioether (sulfide) groups is 1. The minimum Gasteiger partial charge on any atom is -0.488 e. The highest BCUT2D eigenvalue weighted by Crippen LogP contribution is 2.33. The molecule has 0 saturated carbocycles. The minimum absolute atomic E-state index is 0.00527. The Morgan fingerprint density at radius 3 is 2.75 bits per heavy atom. The number of halogens is 1. The second-order valence-electron chi connectivity index (χ2n) is 5.77. The van der Waals surface area contributed by atoms with E-state index in [1.165, 1.54) is 28.0 Å². The first-order valence-electron chi connectivity index (χ1n) is 8.22. The van der Waals surface area contributed by atoms with Crippen LogP contribution in [0.25, 0.3) is 6.08 Å². The molecule has 1 aliphatic heterocycles. The first-order chi connectivity index (χ1) is 13.4. The van der Waals surface area contributed by atoms with Crippen molar-refractivity contribution in [3.63, 3.8) is 0 Å². The van der Waals surface area contributed by atoms with Crippen LogP contribution in [-0.2, 0) is 16.2 Å². The zero-order valence-electron chi connectivity index (χ0n) is 14.5. The molecule has 2 aromatic rings. The topological polar surface area (TPSA) is 79.7 Å². The Balaban J connectivity index is 1.59. The number of hydrogen-bond donors (Lipinski definition) is 1. The number of carboxylic acids is 1. The number of rotatable bonds is 8. The minimum atomic E-state index is -0.887. The van der Waals surface area contributed by atoms with E-state index < -0.39 is 5.97 Å². The van der Waals surface area contributed by atoms with Gasteiger partial charge in [-0.1, -0.05) is 47.7 Å². The molecule has 0 radical (unpaired) electrons. The molecule has 6 nitrogen and oxygen atoms in total. The normalized spacial score (nSPS) is 15.5. The third-order valence-electron chi connectivity index (χ3n) is 3.73. The van der Waals surface area contributed by atoms with E-state index in [2.05, 4.69) is 4.98 Å². The smallest absolute Gasteiger partial charge is 0.303 e. The molecule has 1 fully saturated rings. The van der Waals surface area contributed by atoms with Gasteiger partial charge in [0.1, 0.15) is 16.7 Å². The fourth-order valence-electron chi connectivity index (χ4n) is 2.40. The van der Waals surface area contributed by atoms with Crippen molar-refractivity contribution in [3.8, 4) is 5.75 Å². The Morgan fingerprint density at radius 2 is 2.11 bits per heavy atom. The molecule has 0 unspecified atom stereocenters. The number of amides is 1. The number of thiazole rings is 1. The summed E-state index contributed by atoms with van der Waals surface area (Å²) >= 11 is 13.6. The van der Waals surface area contributed by atoms with E-state index in [-0.39, 0.29) is 12.3 Å². The number of hydrogen-bond acceptors (Lipinski definition) is 7. The molecule has 3 rings (SSSR count). The summed E-state index contributed by atoms with van der Waals surface area (Å²) in [5.41, 5.74) is 0.847. The highest BCUT2D eigenvalue weighted by atomic mass is 35.5. The van der Waals surface area contributed by atoms with Gasteiger partial charge in [0.25, 0.3) is 5.91 Å². The van der Waals surface area contributed by atoms with E-state index in [9.17, 15) is 9.59 Å². The van der Waals surface area contributed by atoms with Crippen LogP contribution in [-0.4, -0.2) is 37.7 Å². The summed E-state index contributed by atoms with van der Waals surface area (Å²) < 4.78 is 6.62. The van der Waals surface area contributed by atoms with Gasteiger partial charge in [-0.05, 0) is 30.2 Å². The average Bonchev–Trinajstić information content (AvgIpc) is 3.19. The van der Waals surface area contributed by atoms with Gasteiger partial charge >= 0.3 is 5.97 Å². The van der Waals surface area contributed by atoms with Crippen LogP contribution in [0, 0.1) is 0 Å². The molecule has 1 N–H and O–H groups in total. The maximum Gasteiger partial charge on any atom is 0.303 e. The summed E-state index contributed by atoms with van der Waals surface area (Å²) in [4.78, 5) is 30.0. The fourth-order valence-corrected chi connectivity index (χ4v) is 4.60. The average molecular weight is 455 g/mol. The van der Waals surface area contributed by atoms with Crippen molar-refractivity contribution in [2.75, 3.05) is 6.54 Å². The van der Waals surface area contributed by atoms with Crippen molar-refractivity contribution in [2.24, 2.45) is 0 Å². The monoisotopic (exact) mass is 454 g/mol. The molecule has 1 saturated heterocycles. The first kappa shape index (κ1) is 20.8. The van der Waals surface area contributed by atoms with E-state index in [0.717, 1.165) is 10.4 Å². The number of nitrogens with zero attached hydrogens (tertiary/aromatic N) is 2. The Bertz CT molecular complexity index is 927. The number of ether oxygens (including phenoxy) is 1. The number of carboxylic acid groups (broad SMARTS) is 1. The lowest BCUT2D eigenvalue weighted by molar-refractivity contribution is -0.137. The lowest BCUT2D eigenvalue weighted by atomic mass is 10.2. The summed E-state index contributed by atoms with van der Waals surface area (Å²) in [6.07, 6.45) is 3.82. The number of thiocarbonyl (C=S) groups is 1. The summed E-state index contributed by atoms with van der Waals surface area (Å²) in [6.45, 7) is 0.696. The third kappa shape index (κ3) is 5.54. The van der Waals surface area contributed by atoms with Gasteiger partial charge in [0.15, 0.2) is 4.47 Å². The number of carbonyl (C=O) groups is 2. The highest BCUT2D eigenvalue weighted by molar-refractivity contribution is 8.26. The molecule has 10 heteroatoms. The predicted octanol–water partition coefficient (Wildman–Crippen LogP) is 4.44. The van der Waals surface area contributed by atoms with E-state index in [1.54, 1.807) is 12.3 Å². The van der Waals surface area contributed by atoms with Crippen molar-refractivity contribution in [3.05, 3.63) is 50.3 Å². The summed E-state index contributed by atoms with van der Waals surface area (Å²) in [6, 6.07) is 7.35. The van der Waals surface area contributed by atoms with Crippen LogP contribution in [0.4, 0.5) is 0 Å². The van der Waals surface area contributed by atoms with Gasteiger partial charge in [0.05, 0.1) is 9.78 Å². The Hall–Kier alpha value is -1.94. The summed E-state index contributed by atoms with van der Waals surface area (Å²) in [7, 11) is 0. The number of benzene rings is 1. The molecule has 0 spiro atoms. The van der Waals surface area contributed by atoms with Crippen LogP contribution in [0.15, 0.2) is 35.4 Å². The highest BCUT2D eigenvalue weighted by Gasteiger charge is 2.31. The standard InChI is InChI=1S/C18H15ClN2O4S3/c19-17-20-9-13(27-17)10-25-12-5-3-11(4-6-12)8-14-16(24)21(18(26)28-14)7-1-2-15(22)23/h3-6,8-9H,1-2,7,10H2,(H,22,23)/b14-8+. The number of aromatic nitrogens is 1. The van der Waals surface area contributed by atoms with Crippen LogP contribution >= 0.6 is 46.9 Å². The molecule has 146 valence electrons. The molecule has 0 bridgehead atoms. The van der Waals surface area contributed by atoms with E-state index >= 15 is 0 Å². The molecule has 0 aliphatic carbocycles. The molecular formula is C18H15ClN2O4S3. The lowest BCUT2D eigenvalue weighted by Gasteiger charge is -2.13. The van der Waals surface area contributed by atoms with Crippen LogP contribution < -0.4 is 4.74 Å². The Morgan fingerprint density at radius 1 is 1.36 bits per heavy atom. The molecule has 1 aromatic heterocycles. The quantitative estimate of drug-likeness (QED) is 0.466. The van der Waals surface area contributed by atoms with Crippen molar-refractivity contribution in [1.82, 2.24) is 9.88 Å². The van der Waals surface area contributed by atoms with Gasteiger partial charge in [-0.3, -0.25) is 14.5 Å². The van der Waals surface area contributed by atoms with E-state index in [0.29, 0.717) is 39.0 Å². The van der Waals surface area contributed by atoms with Crippen molar-refractivity contribution in [2.45, 2.75) is 19.4 Å². The second-order valence-corrected chi connectivity index (χ2v) is 9.14. The Kier molecular flexibility index (Phi) is 7.06. The van der Waals surface area contributed by atoms with Gasteiger partial charge in [0.2, 0.25) is 0 Å². The van der Waals surface area contributed by atoms with Crippen molar-refractivity contribution >= 4 is 69.2 Å². The molecule has 1 aromatic carbocycles. The zero-order valence-corrected chi connectivity index (χ0v) is 17.7. The largest absolute Gasteiger partial charge is 0.488 e. The summed E-state index contributed by atoms with van der Waals surface area (Å²) in [5.74, 6) is -0.382. The Labute approximate surface area is 180 Å². The van der Waals surface area contributed by atoms with Gasteiger partial charge in [-0.15, -0.1) is 11.3 Å². The van der Waals surface area contributed by atoms with E-state index in [4.69, 9.17) is 33.7 Å². The predicted molar refractivity (Wildman–Crippen MR) is 115 cm³/mol. The molecule has 1 amide bonds. The number of carbonyl (C=O) groups excluding carboxylic acids is 1. The van der Waals surface area contributed by atoms with Crippen LogP contribution in [0.1, 0.15) is 23.3 Å². The van der Waals surface area contributed by atoms with Crippen LogP contribution in [0.2, 0.25) is 4.47 Å². The SMILES string of the molecule is O=C(O)CCCN1C(=O)/C(=C\c2ccc(OCc3cnc(Cl)s3)cc2)SC1=S. The van der Waals surface area contributed by atoms with E-state index in [1.807, 2.05) is 24.3 Å². The number of aliphatic carboxylic acids is 1. The first-order valence-corrected chi connectivity index (χ1v) is 10.6. The molecule has 2 heterocycles. The maximum atomic E-state index is 12.5. The van der Waals surface area contributed by atoms with Crippen molar-refractivity contribution in [1.29, 1.82) is 0 Å². The van der Waals surface area contributed by atoms with Gasteiger partial charge in [-0.2, -0.15) is 0 Å². The molecular weight excluding hydrogens is 440 g/mol. The zero-order chi connectivity index (χ0) is 20.1. The molecule has 1 aliphatic rings. The third-order valence-corrected chi connectivity index (χ3v) is 6.20. The van der Waals surface area contributed by atoms with Gasteiger partial charge in [0, 0.05) is 19.2 Å².